The topological polar surface area (TPSA) is 82.6 Å². The SMILES string of the molecule is CC(=O)NCC(=O)N1CCC2(CC1)CC(=O)N(Cc1cccc(C)n1)C2. The third kappa shape index (κ3) is 4.20. The first-order valence-electron chi connectivity index (χ1n) is 9.09. The number of piperidine rings is 1. The summed E-state index contributed by atoms with van der Waals surface area (Å²) in [5.41, 5.74) is 1.83. The van der Waals surface area contributed by atoms with Crippen LogP contribution in [-0.4, -0.2) is 58.7 Å². The van der Waals surface area contributed by atoms with Gasteiger partial charge in [0.05, 0.1) is 18.8 Å². The van der Waals surface area contributed by atoms with Crippen LogP contribution in [0.5, 0.6) is 0 Å². The number of hydrogen-bond acceptors (Lipinski definition) is 4. The molecule has 7 heteroatoms. The van der Waals surface area contributed by atoms with Crippen LogP contribution in [0, 0.1) is 12.3 Å². The van der Waals surface area contributed by atoms with E-state index in [1.54, 1.807) is 4.90 Å². The van der Waals surface area contributed by atoms with Gasteiger partial charge in [0.25, 0.3) is 0 Å². The van der Waals surface area contributed by atoms with E-state index in [1.807, 2.05) is 30.0 Å². The summed E-state index contributed by atoms with van der Waals surface area (Å²) in [7, 11) is 0. The molecule has 0 aliphatic carbocycles. The Morgan fingerprint density at radius 1 is 1.27 bits per heavy atom. The molecular formula is C19H26N4O3. The molecule has 1 spiro atoms. The van der Waals surface area contributed by atoms with E-state index in [0.29, 0.717) is 26.1 Å². The van der Waals surface area contributed by atoms with Crippen molar-refractivity contribution >= 4 is 17.7 Å². The van der Waals surface area contributed by atoms with Gasteiger partial charge in [0, 0.05) is 44.1 Å². The summed E-state index contributed by atoms with van der Waals surface area (Å²) in [4.78, 5) is 43.8. The second kappa shape index (κ2) is 7.43. The predicted octanol–water partition coefficient (Wildman–Crippen LogP) is 0.867. The van der Waals surface area contributed by atoms with Crippen molar-refractivity contribution in [1.82, 2.24) is 20.1 Å². The average molecular weight is 358 g/mol. The largest absolute Gasteiger partial charge is 0.347 e. The van der Waals surface area contributed by atoms with Crippen LogP contribution in [0.15, 0.2) is 18.2 Å². The van der Waals surface area contributed by atoms with Crippen molar-refractivity contribution in [1.29, 1.82) is 0 Å². The monoisotopic (exact) mass is 358 g/mol. The molecule has 0 saturated carbocycles. The zero-order chi connectivity index (χ0) is 18.7. The smallest absolute Gasteiger partial charge is 0.241 e. The normalized spacial score (nSPS) is 19.1. The number of nitrogens with zero attached hydrogens (tertiary/aromatic N) is 3. The second-order valence-corrected chi connectivity index (χ2v) is 7.49. The maximum absolute atomic E-state index is 12.5. The molecule has 2 aliphatic heterocycles. The fourth-order valence-corrected chi connectivity index (χ4v) is 3.89. The number of likely N-dealkylation sites (tertiary alicyclic amines) is 2. The maximum Gasteiger partial charge on any atom is 0.241 e. The highest BCUT2D eigenvalue weighted by molar-refractivity contribution is 5.84. The third-order valence-corrected chi connectivity index (χ3v) is 5.37. The molecular weight excluding hydrogens is 332 g/mol. The van der Waals surface area contributed by atoms with Crippen molar-refractivity contribution in [3.8, 4) is 0 Å². The Kier molecular flexibility index (Phi) is 5.25. The average Bonchev–Trinajstić information content (AvgIpc) is 2.88. The number of aromatic nitrogens is 1. The lowest BCUT2D eigenvalue weighted by Gasteiger charge is -2.38. The fourth-order valence-electron chi connectivity index (χ4n) is 3.89. The number of nitrogens with one attached hydrogen (secondary N) is 1. The van der Waals surface area contributed by atoms with Gasteiger partial charge in [0.1, 0.15) is 0 Å². The van der Waals surface area contributed by atoms with Crippen molar-refractivity contribution < 1.29 is 14.4 Å². The van der Waals surface area contributed by atoms with Gasteiger partial charge in [-0.25, -0.2) is 0 Å². The van der Waals surface area contributed by atoms with Gasteiger partial charge >= 0.3 is 0 Å². The molecule has 0 radical (unpaired) electrons. The Hall–Kier alpha value is -2.44. The van der Waals surface area contributed by atoms with Crippen LogP contribution in [0.25, 0.3) is 0 Å². The number of aryl methyl sites for hydroxylation is 1. The first-order valence-corrected chi connectivity index (χ1v) is 9.09. The second-order valence-electron chi connectivity index (χ2n) is 7.49. The standard InChI is InChI=1S/C19H26N4O3/c1-14-4-3-5-16(21-14)12-23-13-19(10-17(23)25)6-8-22(9-7-19)18(26)11-20-15(2)24/h3-5H,6-13H2,1-2H3,(H,20,24). The van der Waals surface area contributed by atoms with Crippen LogP contribution in [0.4, 0.5) is 0 Å². The summed E-state index contributed by atoms with van der Waals surface area (Å²) in [6.45, 7) is 5.96. The lowest BCUT2D eigenvalue weighted by molar-refractivity contribution is -0.134. The molecule has 1 aromatic rings. The van der Waals surface area contributed by atoms with Gasteiger partial charge in [-0.05, 0) is 31.9 Å². The van der Waals surface area contributed by atoms with E-state index in [-0.39, 0.29) is 29.7 Å². The molecule has 2 fully saturated rings. The van der Waals surface area contributed by atoms with E-state index < -0.39 is 0 Å². The van der Waals surface area contributed by atoms with Gasteiger partial charge in [-0.15, -0.1) is 0 Å². The van der Waals surface area contributed by atoms with Crippen LogP contribution >= 0.6 is 0 Å². The van der Waals surface area contributed by atoms with E-state index in [0.717, 1.165) is 30.8 Å². The molecule has 1 N–H and O–H groups in total. The fraction of sp³-hybridized carbons (Fsp3) is 0.579. The molecule has 3 heterocycles. The lowest BCUT2D eigenvalue weighted by Crippen LogP contribution is -2.47. The minimum atomic E-state index is -0.200. The summed E-state index contributed by atoms with van der Waals surface area (Å²) in [6.07, 6.45) is 2.19. The molecule has 140 valence electrons. The van der Waals surface area contributed by atoms with Gasteiger partial charge in [0.2, 0.25) is 17.7 Å². The molecule has 2 saturated heterocycles. The summed E-state index contributed by atoms with van der Waals surface area (Å²) in [6, 6.07) is 5.87. The van der Waals surface area contributed by atoms with E-state index >= 15 is 0 Å². The Morgan fingerprint density at radius 3 is 2.65 bits per heavy atom. The lowest BCUT2D eigenvalue weighted by atomic mass is 9.77. The van der Waals surface area contributed by atoms with E-state index in [4.69, 9.17) is 0 Å². The number of hydrogen-bond donors (Lipinski definition) is 1. The highest BCUT2D eigenvalue weighted by Crippen LogP contribution is 2.41. The number of carbonyl (C=O) groups excluding carboxylic acids is 3. The zero-order valence-corrected chi connectivity index (χ0v) is 15.5. The Morgan fingerprint density at radius 2 is 2.00 bits per heavy atom. The molecule has 2 aliphatic rings. The number of amides is 3. The molecule has 0 bridgehead atoms. The van der Waals surface area contributed by atoms with Crippen LogP contribution in [0.1, 0.15) is 37.6 Å². The van der Waals surface area contributed by atoms with Crippen molar-refractivity contribution in [3.05, 3.63) is 29.6 Å². The number of carbonyl (C=O) groups is 3. The molecule has 7 nitrogen and oxygen atoms in total. The molecule has 1 aromatic heterocycles. The van der Waals surface area contributed by atoms with E-state index in [9.17, 15) is 14.4 Å². The van der Waals surface area contributed by atoms with Crippen LogP contribution < -0.4 is 5.32 Å². The molecule has 3 rings (SSSR count). The van der Waals surface area contributed by atoms with E-state index in [1.165, 1.54) is 6.92 Å². The van der Waals surface area contributed by atoms with Gasteiger partial charge in [-0.2, -0.15) is 0 Å². The van der Waals surface area contributed by atoms with Crippen molar-refractivity contribution in [2.45, 2.75) is 39.7 Å². The van der Waals surface area contributed by atoms with Crippen LogP contribution in [0.3, 0.4) is 0 Å². The minimum Gasteiger partial charge on any atom is -0.347 e. The number of rotatable bonds is 4. The molecule has 0 aromatic carbocycles. The van der Waals surface area contributed by atoms with Crippen LogP contribution in [0.2, 0.25) is 0 Å². The first kappa shape index (κ1) is 18.4. The minimum absolute atomic E-state index is 0.0360. The van der Waals surface area contributed by atoms with Gasteiger partial charge in [0.15, 0.2) is 0 Å². The summed E-state index contributed by atoms with van der Waals surface area (Å²) in [5.74, 6) is -0.0832. The quantitative estimate of drug-likeness (QED) is 0.866. The van der Waals surface area contributed by atoms with Crippen molar-refractivity contribution in [2.24, 2.45) is 5.41 Å². The van der Waals surface area contributed by atoms with Crippen molar-refractivity contribution in [2.75, 3.05) is 26.2 Å². The van der Waals surface area contributed by atoms with Gasteiger partial charge in [-0.1, -0.05) is 6.07 Å². The molecule has 26 heavy (non-hydrogen) atoms. The molecule has 3 amide bonds. The predicted molar refractivity (Wildman–Crippen MR) is 95.9 cm³/mol. The Bertz CT molecular complexity index is 710. The van der Waals surface area contributed by atoms with E-state index in [2.05, 4.69) is 10.3 Å². The Labute approximate surface area is 153 Å². The van der Waals surface area contributed by atoms with Gasteiger partial charge < -0.3 is 15.1 Å². The van der Waals surface area contributed by atoms with Gasteiger partial charge in [-0.3, -0.25) is 19.4 Å². The first-order chi connectivity index (χ1) is 12.4. The Balaban J connectivity index is 1.55. The summed E-state index contributed by atoms with van der Waals surface area (Å²) in [5, 5.41) is 2.55. The summed E-state index contributed by atoms with van der Waals surface area (Å²) >= 11 is 0. The highest BCUT2D eigenvalue weighted by atomic mass is 16.2. The van der Waals surface area contributed by atoms with Crippen LogP contribution in [-0.2, 0) is 20.9 Å². The zero-order valence-electron chi connectivity index (χ0n) is 15.5. The number of pyridine rings is 1. The van der Waals surface area contributed by atoms with Crippen molar-refractivity contribution in [3.63, 3.8) is 0 Å². The maximum atomic E-state index is 12.5. The third-order valence-electron chi connectivity index (χ3n) is 5.37. The molecule has 0 unspecified atom stereocenters. The summed E-state index contributed by atoms with van der Waals surface area (Å²) < 4.78 is 0. The molecule has 0 atom stereocenters. The highest BCUT2D eigenvalue weighted by Gasteiger charge is 2.45.